The smallest absolute Gasteiger partial charge is 0.433 e. The molecule has 0 aromatic rings. The number of carbonyl (C=O) groups excluding carboxylic acids is 1. The molecule has 0 saturated carbocycles. The van der Waals surface area contributed by atoms with Crippen molar-refractivity contribution in [2.24, 2.45) is 0 Å². The van der Waals surface area contributed by atoms with Crippen LogP contribution in [0.3, 0.4) is 0 Å². The van der Waals surface area contributed by atoms with Gasteiger partial charge < -0.3 is 9.84 Å². The molecule has 0 aromatic carbocycles. The predicted octanol–water partition coefficient (Wildman–Crippen LogP) is -0.153. The van der Waals surface area contributed by atoms with Crippen molar-refractivity contribution in [2.45, 2.75) is 6.92 Å². The lowest BCUT2D eigenvalue weighted by Gasteiger charge is -2.02. The summed E-state index contributed by atoms with van der Waals surface area (Å²) in [4.78, 5) is 24.0. The highest BCUT2D eigenvalue weighted by molar-refractivity contribution is 5.66. The molecule has 7 heteroatoms. The number of hydrogen-bond acceptors (Lipinski definition) is 4. The Morgan fingerprint density at radius 3 is 2.55 bits per heavy atom. The highest BCUT2D eigenvalue weighted by Gasteiger charge is 1.99. The normalized spacial score (nSPS) is 8.45. The summed E-state index contributed by atoms with van der Waals surface area (Å²) >= 11 is 0. The number of rotatable bonds is 3. The minimum absolute atomic E-state index is 0.183. The molecule has 2 amide bonds. The number of ether oxygens (including phenoxy) is 1. The van der Waals surface area contributed by atoms with Gasteiger partial charge >= 0.3 is 12.2 Å². The van der Waals surface area contributed by atoms with Gasteiger partial charge in [0.1, 0.15) is 0 Å². The molecule has 0 saturated heterocycles. The molecule has 0 aliphatic rings. The van der Waals surface area contributed by atoms with Gasteiger partial charge in [-0.05, 0) is 6.92 Å². The van der Waals surface area contributed by atoms with Crippen molar-refractivity contribution in [3.63, 3.8) is 0 Å². The van der Waals surface area contributed by atoms with Crippen LogP contribution in [0.1, 0.15) is 6.92 Å². The Labute approximate surface area is 62.2 Å². The Morgan fingerprint density at radius 1 is 1.45 bits per heavy atom. The molecule has 0 aromatic heterocycles. The van der Waals surface area contributed by atoms with Crippen LogP contribution in [-0.2, 0) is 9.68 Å². The average Bonchev–Trinajstić information content (AvgIpc) is 1.87. The lowest BCUT2D eigenvalue weighted by atomic mass is 10.9. The third-order valence-electron chi connectivity index (χ3n) is 0.548. The molecule has 0 spiro atoms. The number of hydrogen-bond donors (Lipinski definition) is 3. The van der Waals surface area contributed by atoms with E-state index in [9.17, 15) is 9.59 Å². The second kappa shape index (κ2) is 5.30. The van der Waals surface area contributed by atoms with Crippen LogP contribution in [0, 0.1) is 0 Å². The maximum Gasteiger partial charge on any atom is 0.433 e. The number of hydroxylamine groups is 2. The Morgan fingerprint density at radius 2 is 2.09 bits per heavy atom. The zero-order valence-electron chi connectivity index (χ0n) is 5.79. The van der Waals surface area contributed by atoms with E-state index < -0.39 is 12.2 Å². The van der Waals surface area contributed by atoms with Gasteiger partial charge in [-0.1, -0.05) is 0 Å². The van der Waals surface area contributed by atoms with E-state index in [4.69, 9.17) is 5.11 Å². The molecule has 0 atom stereocenters. The first-order valence-corrected chi connectivity index (χ1v) is 2.74. The van der Waals surface area contributed by atoms with Gasteiger partial charge in [0.05, 0.1) is 6.61 Å². The zero-order valence-corrected chi connectivity index (χ0v) is 5.79. The lowest BCUT2D eigenvalue weighted by molar-refractivity contribution is -0.0250. The number of nitrogens with one attached hydrogen (secondary N) is 2. The predicted molar refractivity (Wildman–Crippen MR) is 32.4 cm³/mol. The average molecular weight is 164 g/mol. The summed E-state index contributed by atoms with van der Waals surface area (Å²) < 4.78 is 4.32. The molecule has 0 rings (SSSR count). The molecule has 0 aliphatic heterocycles. The summed E-state index contributed by atoms with van der Waals surface area (Å²) in [6.45, 7) is 1.78. The molecule has 0 bridgehead atoms. The van der Waals surface area contributed by atoms with E-state index in [2.05, 4.69) is 9.68 Å². The SMILES string of the molecule is CCOC(=O)NONC(=O)O. The number of carbonyl (C=O) groups is 2. The van der Waals surface area contributed by atoms with Crippen LogP contribution in [-0.4, -0.2) is 23.9 Å². The highest BCUT2D eigenvalue weighted by Crippen LogP contribution is 1.74. The summed E-state index contributed by atoms with van der Waals surface area (Å²) in [5.74, 6) is 0. The fraction of sp³-hybridized carbons (Fsp3) is 0.500. The third kappa shape index (κ3) is 6.38. The molecule has 0 unspecified atom stereocenters. The summed E-state index contributed by atoms with van der Waals surface area (Å²) in [6.07, 6.45) is -2.27. The van der Waals surface area contributed by atoms with Gasteiger partial charge in [0.15, 0.2) is 0 Å². The Hall–Kier alpha value is -1.50. The Balaban J connectivity index is 3.24. The summed E-state index contributed by atoms with van der Waals surface area (Å²) in [5, 5.41) is 7.93. The van der Waals surface area contributed by atoms with E-state index >= 15 is 0 Å². The standard InChI is InChI=1S/C4H8N2O5/c1-2-10-4(9)6-11-5-3(7)8/h5H,2H2,1H3,(H,6,9)(H,7,8). The first kappa shape index (κ1) is 9.50. The van der Waals surface area contributed by atoms with Gasteiger partial charge in [-0.3, -0.25) is 0 Å². The molecule has 64 valence electrons. The third-order valence-corrected chi connectivity index (χ3v) is 0.548. The molecule has 0 radical (unpaired) electrons. The summed E-state index contributed by atoms with van der Waals surface area (Å²) in [7, 11) is 0. The van der Waals surface area contributed by atoms with Crippen molar-refractivity contribution in [3.8, 4) is 0 Å². The monoisotopic (exact) mass is 164 g/mol. The molecular formula is C4H8N2O5. The van der Waals surface area contributed by atoms with Crippen LogP contribution in [0.4, 0.5) is 9.59 Å². The maximum atomic E-state index is 10.3. The van der Waals surface area contributed by atoms with E-state index in [0.717, 1.165) is 0 Å². The van der Waals surface area contributed by atoms with E-state index in [1.54, 1.807) is 12.4 Å². The van der Waals surface area contributed by atoms with E-state index in [1.165, 1.54) is 5.48 Å². The quantitative estimate of drug-likeness (QED) is 0.504. The van der Waals surface area contributed by atoms with E-state index in [0.29, 0.717) is 0 Å². The molecule has 11 heavy (non-hydrogen) atoms. The number of carboxylic acid groups (broad SMARTS) is 1. The van der Waals surface area contributed by atoms with Gasteiger partial charge in [-0.25, -0.2) is 9.59 Å². The Kier molecular flexibility index (Phi) is 4.58. The van der Waals surface area contributed by atoms with Gasteiger partial charge in [0, 0.05) is 0 Å². The zero-order chi connectivity index (χ0) is 8.69. The fourth-order valence-corrected chi connectivity index (χ4v) is 0.271. The molecule has 7 nitrogen and oxygen atoms in total. The molecular weight excluding hydrogens is 156 g/mol. The van der Waals surface area contributed by atoms with Gasteiger partial charge in [0.25, 0.3) is 0 Å². The van der Waals surface area contributed by atoms with Gasteiger partial charge in [0.2, 0.25) is 0 Å². The highest BCUT2D eigenvalue weighted by atomic mass is 16.8. The van der Waals surface area contributed by atoms with Crippen LogP contribution < -0.4 is 11.0 Å². The van der Waals surface area contributed by atoms with Crippen LogP contribution in [0.25, 0.3) is 0 Å². The molecule has 0 heterocycles. The first-order chi connectivity index (χ1) is 5.16. The summed E-state index contributed by atoms with van der Waals surface area (Å²) in [5.41, 5.74) is 3.10. The van der Waals surface area contributed by atoms with Crippen molar-refractivity contribution in [3.05, 3.63) is 0 Å². The summed E-state index contributed by atoms with van der Waals surface area (Å²) in [6, 6.07) is 0. The van der Waals surface area contributed by atoms with E-state index in [-0.39, 0.29) is 6.61 Å². The van der Waals surface area contributed by atoms with Crippen LogP contribution in [0.15, 0.2) is 0 Å². The van der Waals surface area contributed by atoms with E-state index in [1.807, 2.05) is 0 Å². The van der Waals surface area contributed by atoms with Crippen molar-refractivity contribution < 1.29 is 24.4 Å². The second-order valence-electron chi connectivity index (χ2n) is 1.33. The second-order valence-corrected chi connectivity index (χ2v) is 1.33. The van der Waals surface area contributed by atoms with Gasteiger partial charge in [-0.2, -0.15) is 11.0 Å². The Bertz CT molecular complexity index is 147. The van der Waals surface area contributed by atoms with Crippen LogP contribution in [0.5, 0.6) is 0 Å². The van der Waals surface area contributed by atoms with Crippen molar-refractivity contribution >= 4 is 12.2 Å². The molecule has 0 aliphatic carbocycles. The lowest BCUT2D eigenvalue weighted by Crippen LogP contribution is -2.34. The fourth-order valence-electron chi connectivity index (χ4n) is 0.271. The minimum Gasteiger partial charge on any atom is -0.463 e. The number of amides is 2. The maximum absolute atomic E-state index is 10.3. The van der Waals surface area contributed by atoms with Crippen molar-refractivity contribution in [1.82, 2.24) is 11.0 Å². The van der Waals surface area contributed by atoms with Gasteiger partial charge in [-0.15, -0.1) is 4.94 Å². The minimum atomic E-state index is -1.42. The van der Waals surface area contributed by atoms with Crippen LogP contribution >= 0.6 is 0 Å². The van der Waals surface area contributed by atoms with Crippen LogP contribution in [0.2, 0.25) is 0 Å². The molecule has 3 N–H and O–H groups in total. The van der Waals surface area contributed by atoms with Crippen molar-refractivity contribution in [2.75, 3.05) is 6.61 Å². The largest absolute Gasteiger partial charge is 0.463 e. The first-order valence-electron chi connectivity index (χ1n) is 2.74. The van der Waals surface area contributed by atoms with Crippen molar-refractivity contribution in [1.29, 1.82) is 0 Å². The molecule has 0 fully saturated rings. The topological polar surface area (TPSA) is 96.9 Å².